The van der Waals surface area contributed by atoms with Gasteiger partial charge >= 0.3 is 99.1 Å². The number of β-amino-alcohol motifs (C(OH)–C–C–N with tert-alkyl or cyclic N) is 1. The predicted molar refractivity (Wildman–Crippen MR) is 142 cm³/mol. The summed E-state index contributed by atoms with van der Waals surface area (Å²) in [5.41, 5.74) is 0. The number of hydrogen-bond donors (Lipinski definition) is 2. The summed E-state index contributed by atoms with van der Waals surface area (Å²) in [6.45, 7) is -1.59. The van der Waals surface area contributed by atoms with Gasteiger partial charge in [-0.05, 0) is 24.3 Å². The maximum absolute atomic E-state index is 12.7. The van der Waals surface area contributed by atoms with E-state index in [1.54, 1.807) is 4.90 Å². The van der Waals surface area contributed by atoms with Crippen LogP contribution in [0.3, 0.4) is 0 Å². The van der Waals surface area contributed by atoms with E-state index in [0.717, 1.165) is 0 Å². The minimum Gasteiger partial charge on any atom is -0.810 e. The van der Waals surface area contributed by atoms with E-state index in [0.29, 0.717) is 0 Å². The van der Waals surface area contributed by atoms with Crippen molar-refractivity contribution in [2.45, 2.75) is 11.0 Å². The molecule has 255 valence electrons. The summed E-state index contributed by atoms with van der Waals surface area (Å²) in [5.74, 6) is -4.12. The fraction of sp³-hybridized carbons (Fsp3) is 0.625. The number of aliphatic hydroxyl groups excluding tert-OH is 1. The summed E-state index contributed by atoms with van der Waals surface area (Å²) in [4.78, 5) is 61.6. The van der Waals surface area contributed by atoms with Gasteiger partial charge in [0.15, 0.2) is 0 Å². The molecule has 1 saturated heterocycles. The number of rotatable bonds is 15. The van der Waals surface area contributed by atoms with Crippen LogP contribution in [0.5, 0.6) is 5.75 Å². The standard InChI is InChI=1S/C24H40N5O13PS.Gd.2Na/c30-19(13-25-44(40,41)21-3-1-20(2-4-21)42-17-24(35)36)14-26-5-7-27(15-22(31)32)9-11-29(18-43(37,38)39)12-10-28(8-6-26)16-23(33)34;;;/h1-4,19,25,30H,5-18H2,(H,31,32)(H,33,34)(H,35,36)(H2,37,38,39);;;/q;+3;2*+1/p-5. The summed E-state index contributed by atoms with van der Waals surface area (Å²) in [6.07, 6.45) is -2.06. The monoisotopic (exact) mass is 868 g/mol. The average Bonchev–Trinajstić information content (AvgIpc) is 2.91. The third kappa shape index (κ3) is 22.2. The maximum Gasteiger partial charge on any atom is 3.00 e. The summed E-state index contributed by atoms with van der Waals surface area (Å²) in [7, 11) is -9.04. The normalized spacial score (nSPS) is 17.0. The van der Waals surface area contributed by atoms with Crippen molar-refractivity contribution in [3.8, 4) is 5.75 Å². The van der Waals surface area contributed by atoms with E-state index >= 15 is 0 Å². The molecule has 2 rings (SSSR count). The van der Waals surface area contributed by atoms with E-state index in [-0.39, 0.29) is 169 Å². The molecule has 0 bridgehead atoms. The zero-order valence-corrected chi connectivity index (χ0v) is 34.1. The van der Waals surface area contributed by atoms with Crippen molar-refractivity contribution < 1.29 is 161 Å². The Morgan fingerprint density at radius 3 is 1.64 bits per heavy atom. The fourth-order valence-corrected chi connectivity index (χ4v) is 6.18. The number of nitrogens with one attached hydrogen (secondary N) is 1. The Hall–Kier alpha value is 0.615. The first-order chi connectivity index (χ1) is 20.5. The minimum atomic E-state index is -4.96. The van der Waals surface area contributed by atoms with Crippen molar-refractivity contribution in [2.24, 2.45) is 0 Å². The molecule has 23 heteroatoms. The number of carboxylic acids is 3. The molecule has 0 saturated carbocycles. The number of benzene rings is 1. The van der Waals surface area contributed by atoms with Crippen LogP contribution in [0.15, 0.2) is 29.2 Å². The van der Waals surface area contributed by atoms with E-state index < -0.39 is 74.2 Å². The number of aliphatic hydroxyl groups is 1. The molecule has 0 aromatic heterocycles. The van der Waals surface area contributed by atoms with Crippen LogP contribution in [-0.2, 0) is 29.0 Å². The van der Waals surface area contributed by atoms with Crippen LogP contribution < -0.4 is 93.7 Å². The minimum absolute atomic E-state index is 0. The molecule has 2 N–H and O–H groups in total. The Balaban J connectivity index is 0. The molecule has 1 radical (unpaired) electrons. The molecule has 0 aliphatic carbocycles. The van der Waals surface area contributed by atoms with Crippen molar-refractivity contribution >= 4 is 35.5 Å². The quantitative estimate of drug-likeness (QED) is 0.122. The first kappa shape index (κ1) is 49.7. The van der Waals surface area contributed by atoms with Crippen LogP contribution in [-0.4, -0.2) is 149 Å². The zero-order valence-electron chi connectivity index (χ0n) is 26.1. The van der Waals surface area contributed by atoms with Crippen LogP contribution >= 0.6 is 7.60 Å². The van der Waals surface area contributed by atoms with Crippen LogP contribution in [0.2, 0.25) is 0 Å². The molecule has 1 aromatic carbocycles. The maximum atomic E-state index is 12.7. The SMILES string of the molecule is O=C([O-])COc1ccc(S(=O)(=O)NCC(O)CN2CCN(CC(=O)[O-])CCN(CP(=O)([O-])[O-])CCN(CC(=O)[O-])CC2)cc1.[Gd+3].[Na+].[Na+]. The first-order valence-corrected chi connectivity index (χ1v) is 16.6. The summed E-state index contributed by atoms with van der Waals surface area (Å²) in [5, 5.41) is 43.8. The molecule has 0 amide bonds. The number of ether oxygens (including phenoxy) is 1. The summed E-state index contributed by atoms with van der Waals surface area (Å²) >= 11 is 0. The Kier molecular flexibility index (Phi) is 26.2. The van der Waals surface area contributed by atoms with E-state index in [9.17, 15) is 57.6 Å². The largest absolute Gasteiger partial charge is 3.00 e. The van der Waals surface area contributed by atoms with Gasteiger partial charge in [-0.3, -0.25) is 19.6 Å². The third-order valence-corrected chi connectivity index (χ3v) is 8.66. The number of carbonyl (C=O) groups excluding carboxylic acids is 3. The molecule has 1 fully saturated rings. The van der Waals surface area contributed by atoms with Crippen LogP contribution in [0, 0.1) is 39.9 Å². The molecular weight excluding hydrogens is 833 g/mol. The van der Waals surface area contributed by atoms with E-state index in [1.807, 2.05) is 0 Å². The molecule has 47 heavy (non-hydrogen) atoms. The second-order valence-electron chi connectivity index (χ2n) is 10.1. The molecule has 1 atom stereocenters. The number of nitrogens with zero attached hydrogens (tertiary/aromatic N) is 4. The number of sulfonamides is 1. The number of carboxylic acid groups (broad SMARTS) is 3. The number of aliphatic carboxylic acids is 3. The van der Waals surface area contributed by atoms with Gasteiger partial charge in [0.25, 0.3) is 0 Å². The molecule has 1 aromatic rings. The Morgan fingerprint density at radius 2 is 1.23 bits per heavy atom. The second kappa shape index (κ2) is 24.7. The van der Waals surface area contributed by atoms with E-state index in [2.05, 4.69) is 4.72 Å². The Morgan fingerprint density at radius 1 is 0.809 bits per heavy atom. The second-order valence-corrected chi connectivity index (χ2v) is 13.4. The van der Waals surface area contributed by atoms with Crippen molar-refractivity contribution in [3.63, 3.8) is 0 Å². The third-order valence-electron chi connectivity index (χ3n) is 6.48. The van der Waals surface area contributed by atoms with Gasteiger partial charge in [0, 0.05) is 84.8 Å². The summed E-state index contributed by atoms with van der Waals surface area (Å²) in [6, 6.07) is 4.87. The van der Waals surface area contributed by atoms with Gasteiger partial charge in [-0.25, -0.2) is 13.1 Å². The zero-order chi connectivity index (χ0) is 32.9. The van der Waals surface area contributed by atoms with E-state index in [4.69, 9.17) is 4.74 Å². The molecular formula is C24H35GdN5Na2O13PS. The fourth-order valence-electron chi connectivity index (χ4n) is 4.34. The molecule has 1 heterocycles. The average molecular weight is 868 g/mol. The number of hydrogen-bond acceptors (Lipinski definition) is 17. The van der Waals surface area contributed by atoms with Gasteiger partial charge in [0.2, 0.25) is 10.0 Å². The molecule has 1 unspecified atom stereocenters. The van der Waals surface area contributed by atoms with Crippen LogP contribution in [0.1, 0.15) is 0 Å². The topological polar surface area (TPSA) is 272 Å². The summed E-state index contributed by atoms with van der Waals surface area (Å²) < 4.78 is 43.9. The predicted octanol–water partition coefficient (Wildman–Crippen LogP) is -13.9. The van der Waals surface area contributed by atoms with Gasteiger partial charge in [0.05, 0.1) is 28.9 Å². The first-order valence-electron chi connectivity index (χ1n) is 13.4. The Bertz CT molecular complexity index is 1230. The van der Waals surface area contributed by atoms with Crippen molar-refractivity contribution in [1.29, 1.82) is 0 Å². The van der Waals surface area contributed by atoms with Crippen LogP contribution in [0.4, 0.5) is 0 Å². The van der Waals surface area contributed by atoms with Gasteiger partial charge < -0.3 is 53.9 Å². The molecule has 1 aliphatic rings. The molecule has 0 spiro atoms. The number of carbonyl (C=O) groups is 3. The smallest absolute Gasteiger partial charge is 0.810 e. The molecule has 18 nitrogen and oxygen atoms in total. The van der Waals surface area contributed by atoms with Crippen LogP contribution in [0.25, 0.3) is 0 Å². The van der Waals surface area contributed by atoms with Gasteiger partial charge in [-0.15, -0.1) is 0 Å². The van der Waals surface area contributed by atoms with Gasteiger partial charge in [-0.1, -0.05) is 7.60 Å². The van der Waals surface area contributed by atoms with E-state index in [1.165, 1.54) is 39.0 Å². The Labute approximate surface area is 349 Å². The van der Waals surface area contributed by atoms with Gasteiger partial charge in [0.1, 0.15) is 12.4 Å². The van der Waals surface area contributed by atoms with Crippen molar-refractivity contribution in [2.75, 3.05) is 91.4 Å². The van der Waals surface area contributed by atoms with Crippen molar-refractivity contribution in [1.82, 2.24) is 24.3 Å². The van der Waals surface area contributed by atoms with Gasteiger partial charge in [-0.2, -0.15) is 0 Å². The van der Waals surface area contributed by atoms with Crippen molar-refractivity contribution in [3.05, 3.63) is 24.3 Å². The molecule has 1 aliphatic heterocycles.